The number of aromatic amines is 1. The van der Waals surface area contributed by atoms with Crippen LogP contribution in [-0.4, -0.2) is 21.8 Å². The lowest BCUT2D eigenvalue weighted by Crippen LogP contribution is -2.01. The van der Waals surface area contributed by atoms with Crippen LogP contribution < -0.4 is 0 Å². The van der Waals surface area contributed by atoms with Crippen molar-refractivity contribution < 1.29 is 10.2 Å². The topological polar surface area (TPSA) is 56.2 Å². The zero-order valence-electron chi connectivity index (χ0n) is 7.07. The molecule has 0 saturated carbocycles. The van der Waals surface area contributed by atoms with Crippen molar-refractivity contribution in [3.63, 3.8) is 0 Å². The highest BCUT2D eigenvalue weighted by Crippen LogP contribution is 2.19. The highest BCUT2D eigenvalue weighted by Gasteiger charge is 2.08. The van der Waals surface area contributed by atoms with E-state index in [9.17, 15) is 5.11 Å². The molecule has 1 aromatic carbocycles. The van der Waals surface area contributed by atoms with Crippen LogP contribution in [0.15, 0.2) is 30.3 Å². The van der Waals surface area contributed by atoms with Gasteiger partial charge < -0.3 is 15.2 Å². The first kappa shape index (κ1) is 8.29. The standard InChI is InChI=1S/C10H11NO2/c12-6-10(13)9-5-7-3-1-2-4-8(7)11-9/h1-5,10-13H,6H2. The van der Waals surface area contributed by atoms with Gasteiger partial charge in [0, 0.05) is 11.2 Å². The van der Waals surface area contributed by atoms with Crippen molar-refractivity contribution in [1.82, 2.24) is 4.98 Å². The van der Waals surface area contributed by atoms with E-state index in [1.54, 1.807) is 0 Å². The van der Waals surface area contributed by atoms with Gasteiger partial charge in [0.05, 0.1) is 6.61 Å². The fourth-order valence-corrected chi connectivity index (χ4v) is 1.37. The lowest BCUT2D eigenvalue weighted by atomic mass is 10.2. The Hall–Kier alpha value is -1.32. The highest BCUT2D eigenvalue weighted by molar-refractivity contribution is 5.80. The second kappa shape index (κ2) is 3.20. The summed E-state index contributed by atoms with van der Waals surface area (Å²) < 4.78 is 0. The summed E-state index contributed by atoms with van der Waals surface area (Å²) in [4.78, 5) is 3.04. The molecule has 0 amide bonds. The Balaban J connectivity index is 2.49. The zero-order chi connectivity index (χ0) is 9.26. The molecule has 1 aromatic heterocycles. The average molecular weight is 177 g/mol. The predicted octanol–water partition coefficient (Wildman–Crippen LogP) is 1.19. The third-order valence-corrected chi connectivity index (χ3v) is 2.08. The number of aromatic nitrogens is 1. The molecule has 13 heavy (non-hydrogen) atoms. The van der Waals surface area contributed by atoms with E-state index in [0.29, 0.717) is 5.69 Å². The molecule has 3 heteroatoms. The Morgan fingerprint density at radius 2 is 2.08 bits per heavy atom. The number of nitrogens with one attached hydrogen (secondary N) is 1. The van der Waals surface area contributed by atoms with E-state index < -0.39 is 6.10 Å². The number of rotatable bonds is 2. The van der Waals surface area contributed by atoms with Crippen LogP contribution in [0.4, 0.5) is 0 Å². The molecule has 0 bridgehead atoms. The van der Waals surface area contributed by atoms with Gasteiger partial charge in [-0.05, 0) is 17.5 Å². The Morgan fingerprint density at radius 1 is 1.31 bits per heavy atom. The maximum atomic E-state index is 9.35. The van der Waals surface area contributed by atoms with E-state index in [0.717, 1.165) is 10.9 Å². The van der Waals surface area contributed by atoms with Crippen LogP contribution in [0.3, 0.4) is 0 Å². The number of hydrogen-bond acceptors (Lipinski definition) is 2. The quantitative estimate of drug-likeness (QED) is 0.645. The minimum Gasteiger partial charge on any atom is -0.393 e. The fraction of sp³-hybridized carbons (Fsp3) is 0.200. The lowest BCUT2D eigenvalue weighted by molar-refractivity contribution is 0.0928. The van der Waals surface area contributed by atoms with Gasteiger partial charge in [-0.15, -0.1) is 0 Å². The van der Waals surface area contributed by atoms with Crippen LogP contribution in [0, 0.1) is 0 Å². The predicted molar refractivity (Wildman–Crippen MR) is 50.3 cm³/mol. The van der Waals surface area contributed by atoms with Gasteiger partial charge in [0.2, 0.25) is 0 Å². The number of fused-ring (bicyclic) bond motifs is 1. The van der Waals surface area contributed by atoms with Crippen LogP contribution in [0.1, 0.15) is 11.8 Å². The molecular weight excluding hydrogens is 166 g/mol. The van der Waals surface area contributed by atoms with Gasteiger partial charge in [-0.3, -0.25) is 0 Å². The van der Waals surface area contributed by atoms with Crippen molar-refractivity contribution in [3.8, 4) is 0 Å². The summed E-state index contributed by atoms with van der Waals surface area (Å²) in [6.07, 6.45) is -0.813. The number of aliphatic hydroxyl groups is 2. The largest absolute Gasteiger partial charge is 0.393 e. The fourth-order valence-electron chi connectivity index (χ4n) is 1.37. The molecule has 0 radical (unpaired) electrons. The van der Waals surface area contributed by atoms with Crippen molar-refractivity contribution in [2.75, 3.05) is 6.61 Å². The monoisotopic (exact) mass is 177 g/mol. The summed E-state index contributed by atoms with van der Waals surface area (Å²) in [7, 11) is 0. The first-order chi connectivity index (χ1) is 6.31. The van der Waals surface area contributed by atoms with Crippen LogP contribution in [0.25, 0.3) is 10.9 Å². The Kier molecular flexibility index (Phi) is 2.04. The van der Waals surface area contributed by atoms with Crippen molar-refractivity contribution in [1.29, 1.82) is 0 Å². The van der Waals surface area contributed by atoms with E-state index in [1.165, 1.54) is 0 Å². The molecule has 1 unspecified atom stereocenters. The molecule has 0 aliphatic heterocycles. The first-order valence-electron chi connectivity index (χ1n) is 4.18. The Bertz CT molecular complexity index is 375. The molecule has 0 aliphatic carbocycles. The minimum atomic E-state index is -0.813. The van der Waals surface area contributed by atoms with Crippen molar-refractivity contribution >= 4 is 10.9 Å². The van der Waals surface area contributed by atoms with Crippen molar-refractivity contribution in [2.45, 2.75) is 6.10 Å². The number of benzene rings is 1. The van der Waals surface area contributed by atoms with Gasteiger partial charge in [-0.25, -0.2) is 0 Å². The minimum absolute atomic E-state index is 0.257. The molecule has 0 saturated heterocycles. The molecular formula is C10H11NO2. The van der Waals surface area contributed by atoms with E-state index >= 15 is 0 Å². The van der Waals surface area contributed by atoms with Crippen LogP contribution in [-0.2, 0) is 0 Å². The summed E-state index contributed by atoms with van der Waals surface area (Å²) in [6.45, 7) is -0.257. The number of hydrogen-bond donors (Lipinski definition) is 3. The summed E-state index contributed by atoms with van der Waals surface area (Å²) in [5, 5.41) is 19.1. The van der Waals surface area contributed by atoms with Crippen LogP contribution in [0.5, 0.6) is 0 Å². The molecule has 0 aliphatic rings. The van der Waals surface area contributed by atoms with Gasteiger partial charge in [-0.1, -0.05) is 18.2 Å². The third kappa shape index (κ3) is 1.43. The first-order valence-corrected chi connectivity index (χ1v) is 4.18. The van der Waals surface area contributed by atoms with Crippen LogP contribution >= 0.6 is 0 Å². The number of para-hydroxylation sites is 1. The summed E-state index contributed by atoms with van der Waals surface area (Å²) in [6, 6.07) is 9.60. The van der Waals surface area contributed by atoms with Crippen LogP contribution in [0.2, 0.25) is 0 Å². The highest BCUT2D eigenvalue weighted by atomic mass is 16.3. The Morgan fingerprint density at radius 3 is 2.77 bits per heavy atom. The molecule has 1 heterocycles. The number of aliphatic hydroxyl groups excluding tert-OH is 2. The molecule has 2 rings (SSSR count). The van der Waals surface area contributed by atoms with Gasteiger partial charge in [-0.2, -0.15) is 0 Å². The summed E-state index contributed by atoms with van der Waals surface area (Å²) in [5.74, 6) is 0. The second-order valence-electron chi connectivity index (χ2n) is 3.01. The zero-order valence-corrected chi connectivity index (χ0v) is 7.07. The average Bonchev–Trinajstić information content (AvgIpc) is 2.59. The molecule has 68 valence electrons. The van der Waals surface area contributed by atoms with E-state index in [4.69, 9.17) is 5.11 Å². The van der Waals surface area contributed by atoms with E-state index in [2.05, 4.69) is 4.98 Å². The van der Waals surface area contributed by atoms with Gasteiger partial charge in [0.25, 0.3) is 0 Å². The molecule has 0 fully saturated rings. The summed E-state index contributed by atoms with van der Waals surface area (Å²) >= 11 is 0. The Labute approximate surface area is 75.6 Å². The number of H-pyrrole nitrogens is 1. The maximum Gasteiger partial charge on any atom is 0.117 e. The van der Waals surface area contributed by atoms with Crippen molar-refractivity contribution in [2.24, 2.45) is 0 Å². The molecule has 3 N–H and O–H groups in total. The molecule has 0 spiro atoms. The normalized spacial score (nSPS) is 13.4. The van der Waals surface area contributed by atoms with Crippen molar-refractivity contribution in [3.05, 3.63) is 36.0 Å². The molecule has 2 aromatic rings. The van der Waals surface area contributed by atoms with Gasteiger partial charge in [0.15, 0.2) is 0 Å². The van der Waals surface area contributed by atoms with E-state index in [1.807, 2.05) is 30.3 Å². The SMILES string of the molecule is OCC(O)c1cc2ccccc2[nH]1. The molecule has 3 nitrogen and oxygen atoms in total. The van der Waals surface area contributed by atoms with Gasteiger partial charge >= 0.3 is 0 Å². The maximum absolute atomic E-state index is 9.35. The van der Waals surface area contributed by atoms with Gasteiger partial charge in [0.1, 0.15) is 6.10 Å². The van der Waals surface area contributed by atoms with E-state index in [-0.39, 0.29) is 6.61 Å². The lowest BCUT2D eigenvalue weighted by Gasteiger charge is -2.01. The smallest absolute Gasteiger partial charge is 0.117 e. The summed E-state index contributed by atoms with van der Waals surface area (Å²) in [5.41, 5.74) is 1.63. The third-order valence-electron chi connectivity index (χ3n) is 2.08. The molecule has 1 atom stereocenters. The second-order valence-corrected chi connectivity index (χ2v) is 3.01.